The van der Waals surface area contributed by atoms with E-state index in [4.69, 9.17) is 5.73 Å². The van der Waals surface area contributed by atoms with Crippen molar-refractivity contribution >= 4 is 23.2 Å². The van der Waals surface area contributed by atoms with Gasteiger partial charge in [-0.15, -0.1) is 0 Å². The van der Waals surface area contributed by atoms with E-state index in [0.29, 0.717) is 28.9 Å². The van der Waals surface area contributed by atoms with Crippen molar-refractivity contribution in [2.24, 2.45) is 0 Å². The molecular weight excluding hydrogens is 240 g/mol. The van der Waals surface area contributed by atoms with Crippen LogP contribution in [0.15, 0.2) is 41.5 Å². The Bertz CT molecular complexity index is 656. The monoisotopic (exact) mass is 254 g/mol. The van der Waals surface area contributed by atoms with Crippen LogP contribution in [0.4, 0.5) is 11.4 Å². The Kier molecular flexibility index (Phi) is 2.52. The molecule has 2 amide bonds. The normalized spacial score (nSPS) is 18.3. The van der Waals surface area contributed by atoms with Crippen LogP contribution < -0.4 is 10.6 Å². The van der Waals surface area contributed by atoms with E-state index >= 15 is 0 Å². The van der Waals surface area contributed by atoms with Crippen molar-refractivity contribution in [3.05, 3.63) is 47.1 Å². The molecule has 0 fully saturated rings. The third-order valence-electron chi connectivity index (χ3n) is 3.54. The van der Waals surface area contributed by atoms with Crippen LogP contribution in [0.1, 0.15) is 18.4 Å². The van der Waals surface area contributed by atoms with E-state index < -0.39 is 0 Å². The average Bonchev–Trinajstić information content (AvgIpc) is 2.66. The molecule has 2 aliphatic rings. The van der Waals surface area contributed by atoms with Crippen LogP contribution in [0.3, 0.4) is 0 Å². The summed E-state index contributed by atoms with van der Waals surface area (Å²) in [7, 11) is 0. The molecule has 1 aromatic carbocycles. The quantitative estimate of drug-likeness (QED) is 0.616. The van der Waals surface area contributed by atoms with Crippen LogP contribution in [0.2, 0.25) is 0 Å². The minimum Gasteiger partial charge on any atom is -0.399 e. The smallest absolute Gasteiger partial charge is 0.265 e. The molecule has 0 saturated carbocycles. The van der Waals surface area contributed by atoms with Gasteiger partial charge in [0.2, 0.25) is 0 Å². The maximum Gasteiger partial charge on any atom is 0.265 e. The van der Waals surface area contributed by atoms with Gasteiger partial charge in [0.25, 0.3) is 11.8 Å². The van der Waals surface area contributed by atoms with Crippen LogP contribution in [-0.4, -0.2) is 11.8 Å². The zero-order chi connectivity index (χ0) is 13.6. The molecule has 19 heavy (non-hydrogen) atoms. The van der Waals surface area contributed by atoms with E-state index in [-0.39, 0.29) is 11.8 Å². The van der Waals surface area contributed by atoms with Gasteiger partial charge in [-0.1, -0.05) is 18.2 Å². The first-order valence-corrected chi connectivity index (χ1v) is 6.24. The van der Waals surface area contributed by atoms with Gasteiger partial charge in [0.1, 0.15) is 0 Å². The highest BCUT2D eigenvalue weighted by molar-refractivity contribution is 6.34. The number of amides is 2. The fraction of sp³-hybridized carbons (Fsp3) is 0.200. The van der Waals surface area contributed by atoms with E-state index in [9.17, 15) is 9.59 Å². The molecule has 3 rings (SSSR count). The number of aryl methyl sites for hydroxylation is 1. The molecule has 0 saturated heterocycles. The Morgan fingerprint density at radius 1 is 1.21 bits per heavy atom. The van der Waals surface area contributed by atoms with Gasteiger partial charge in [0, 0.05) is 16.8 Å². The lowest BCUT2D eigenvalue weighted by Gasteiger charge is -2.18. The molecule has 1 aliphatic heterocycles. The van der Waals surface area contributed by atoms with E-state index in [2.05, 4.69) is 0 Å². The van der Waals surface area contributed by atoms with Gasteiger partial charge >= 0.3 is 0 Å². The van der Waals surface area contributed by atoms with Crippen LogP contribution in [-0.2, 0) is 9.59 Å². The van der Waals surface area contributed by atoms with Gasteiger partial charge in [0.15, 0.2) is 0 Å². The number of carbonyl (C=O) groups is 2. The zero-order valence-electron chi connectivity index (χ0n) is 10.6. The average molecular weight is 254 g/mol. The molecule has 0 spiro atoms. The lowest BCUT2D eigenvalue weighted by molar-refractivity contribution is -0.120. The van der Waals surface area contributed by atoms with Crippen LogP contribution >= 0.6 is 0 Å². The molecule has 4 nitrogen and oxygen atoms in total. The Labute approximate surface area is 111 Å². The highest BCUT2D eigenvalue weighted by Crippen LogP contribution is 2.34. The third-order valence-corrected chi connectivity index (χ3v) is 3.54. The van der Waals surface area contributed by atoms with Crippen molar-refractivity contribution in [3.8, 4) is 0 Å². The van der Waals surface area contributed by atoms with Gasteiger partial charge < -0.3 is 5.73 Å². The summed E-state index contributed by atoms with van der Waals surface area (Å²) in [5.74, 6) is -0.456. The standard InChI is InChI=1S/C15H14N2O2/c1-9-6-7-10(16)8-13(9)17-14(18)11-4-2-3-5-12(11)15(17)19/h2,4,6-8H,3,5,16H2,1H3. The molecule has 2 N–H and O–H groups in total. The molecule has 0 atom stereocenters. The predicted octanol–water partition coefficient (Wildman–Crippen LogP) is 2.10. The molecule has 1 aliphatic carbocycles. The second kappa shape index (κ2) is 4.09. The minimum atomic E-state index is -0.246. The second-order valence-electron chi connectivity index (χ2n) is 4.82. The third kappa shape index (κ3) is 1.68. The Morgan fingerprint density at radius 3 is 2.74 bits per heavy atom. The van der Waals surface area contributed by atoms with E-state index in [0.717, 1.165) is 12.0 Å². The number of benzene rings is 1. The van der Waals surface area contributed by atoms with Crippen molar-refractivity contribution in [3.63, 3.8) is 0 Å². The largest absolute Gasteiger partial charge is 0.399 e. The van der Waals surface area contributed by atoms with Crippen molar-refractivity contribution < 1.29 is 9.59 Å². The number of hydrogen-bond donors (Lipinski definition) is 1. The SMILES string of the molecule is Cc1ccc(N)cc1N1C(=O)C2=C(CCC=C2)C1=O. The molecule has 1 aromatic rings. The van der Waals surface area contributed by atoms with E-state index in [1.165, 1.54) is 4.90 Å². The van der Waals surface area contributed by atoms with E-state index in [1.54, 1.807) is 18.2 Å². The van der Waals surface area contributed by atoms with Crippen LogP contribution in [0.25, 0.3) is 0 Å². The minimum absolute atomic E-state index is 0.210. The zero-order valence-corrected chi connectivity index (χ0v) is 10.6. The van der Waals surface area contributed by atoms with Gasteiger partial charge in [-0.3, -0.25) is 9.59 Å². The number of anilines is 2. The summed E-state index contributed by atoms with van der Waals surface area (Å²) in [5.41, 5.74) is 8.89. The predicted molar refractivity (Wildman–Crippen MR) is 73.5 cm³/mol. The molecule has 0 bridgehead atoms. The second-order valence-corrected chi connectivity index (χ2v) is 4.82. The summed E-state index contributed by atoms with van der Waals surface area (Å²) in [6.07, 6.45) is 5.12. The molecule has 96 valence electrons. The van der Waals surface area contributed by atoms with Crippen molar-refractivity contribution in [2.75, 3.05) is 10.6 Å². The number of rotatable bonds is 1. The first-order valence-electron chi connectivity index (χ1n) is 6.24. The molecule has 0 radical (unpaired) electrons. The maximum absolute atomic E-state index is 12.4. The highest BCUT2D eigenvalue weighted by atomic mass is 16.2. The number of carbonyl (C=O) groups excluding carboxylic acids is 2. The van der Waals surface area contributed by atoms with Crippen molar-refractivity contribution in [1.29, 1.82) is 0 Å². The van der Waals surface area contributed by atoms with Gasteiger partial charge in [-0.05, 0) is 37.5 Å². The molecule has 0 unspecified atom stereocenters. The van der Waals surface area contributed by atoms with Crippen molar-refractivity contribution in [1.82, 2.24) is 0 Å². The van der Waals surface area contributed by atoms with Gasteiger partial charge in [-0.25, -0.2) is 4.90 Å². The molecule has 1 heterocycles. The Hall–Kier alpha value is -2.36. The first kappa shape index (κ1) is 11.7. The van der Waals surface area contributed by atoms with Crippen LogP contribution in [0.5, 0.6) is 0 Å². The van der Waals surface area contributed by atoms with Gasteiger partial charge in [-0.2, -0.15) is 0 Å². The van der Waals surface area contributed by atoms with Gasteiger partial charge in [0.05, 0.1) is 5.69 Å². The molecule has 4 heteroatoms. The fourth-order valence-corrected chi connectivity index (χ4v) is 2.52. The summed E-state index contributed by atoms with van der Waals surface area (Å²) in [6.45, 7) is 1.86. The lowest BCUT2D eigenvalue weighted by Crippen LogP contribution is -2.32. The van der Waals surface area contributed by atoms with E-state index in [1.807, 2.05) is 19.1 Å². The number of allylic oxidation sites excluding steroid dienone is 1. The summed E-state index contributed by atoms with van der Waals surface area (Å²) >= 11 is 0. The molecular formula is C15H14N2O2. The Balaban J connectivity index is 2.09. The molecule has 0 aromatic heterocycles. The summed E-state index contributed by atoms with van der Waals surface area (Å²) in [4.78, 5) is 26.0. The fourth-order valence-electron chi connectivity index (χ4n) is 2.52. The lowest BCUT2D eigenvalue weighted by atomic mass is 10.00. The first-order chi connectivity index (χ1) is 9.09. The summed E-state index contributed by atoms with van der Waals surface area (Å²) in [5, 5.41) is 0. The summed E-state index contributed by atoms with van der Waals surface area (Å²) in [6, 6.07) is 5.25. The number of hydrogen-bond acceptors (Lipinski definition) is 3. The van der Waals surface area contributed by atoms with Crippen molar-refractivity contribution in [2.45, 2.75) is 19.8 Å². The number of nitrogens with zero attached hydrogens (tertiary/aromatic N) is 1. The summed E-state index contributed by atoms with van der Waals surface area (Å²) < 4.78 is 0. The topological polar surface area (TPSA) is 63.4 Å². The highest BCUT2D eigenvalue weighted by Gasteiger charge is 2.38. The van der Waals surface area contributed by atoms with Crippen LogP contribution in [0, 0.1) is 6.92 Å². The number of nitrogen functional groups attached to an aromatic ring is 1. The maximum atomic E-state index is 12.4. The number of imide groups is 1. The Morgan fingerprint density at radius 2 is 2.00 bits per heavy atom. The number of nitrogens with two attached hydrogens (primary N) is 1.